The van der Waals surface area contributed by atoms with Crippen LogP contribution in [-0.4, -0.2) is 10.5 Å². The Bertz CT molecular complexity index is 134. The van der Waals surface area contributed by atoms with Crippen LogP contribution in [-0.2, 0) is 4.79 Å². The van der Waals surface area contributed by atoms with Gasteiger partial charge in [0.1, 0.15) is 5.78 Å². The van der Waals surface area contributed by atoms with Gasteiger partial charge in [-0.05, 0) is 19.8 Å². The minimum atomic E-state index is -0.307. The predicted molar refractivity (Wildman–Crippen MR) is 43.4 cm³/mol. The summed E-state index contributed by atoms with van der Waals surface area (Å²) in [5, 5.41) is 0. The molecule has 1 saturated carbocycles. The molecule has 1 rings (SSSR count). The number of Topliss-reactive ketones (excluding diaryl/α,β-unsaturated/α-hetero) is 1. The monoisotopic (exact) mass is 164 g/mol. The average molecular weight is 164 g/mol. The molecule has 10 heavy (non-hydrogen) atoms. The van der Waals surface area contributed by atoms with Crippen LogP contribution in [0.4, 0.5) is 4.70 Å². The van der Waals surface area contributed by atoms with Gasteiger partial charge in [-0.2, -0.15) is 12.6 Å². The maximum absolute atomic E-state index is 11.0. The van der Waals surface area contributed by atoms with Gasteiger partial charge in [-0.1, -0.05) is 6.42 Å². The zero-order valence-electron chi connectivity index (χ0n) is 6.09. The van der Waals surface area contributed by atoms with Gasteiger partial charge < -0.3 is 0 Å². The molecule has 0 amide bonds. The lowest BCUT2D eigenvalue weighted by molar-refractivity contribution is -0.122. The molecular weight excluding hydrogens is 151 g/mol. The van der Waals surface area contributed by atoms with Gasteiger partial charge in [-0.25, -0.2) is 0 Å². The van der Waals surface area contributed by atoms with E-state index in [0.717, 1.165) is 25.7 Å². The first kappa shape index (κ1) is 9.95. The third-order valence-electron chi connectivity index (χ3n) is 1.92. The second-order valence-electron chi connectivity index (χ2n) is 2.90. The predicted octanol–water partition coefficient (Wildman–Crippen LogP) is 1.97. The molecule has 0 spiro atoms. The smallest absolute Gasteiger partial charge is 0.148 e. The zero-order chi connectivity index (χ0) is 6.91. The first-order chi connectivity index (χ1) is 4.13. The molecule has 1 unspecified atom stereocenters. The molecule has 0 radical (unpaired) electrons. The summed E-state index contributed by atoms with van der Waals surface area (Å²) in [6.07, 6.45) is 3.91. The Hall–Kier alpha value is -0.0500. The second kappa shape index (κ2) is 3.37. The van der Waals surface area contributed by atoms with Crippen LogP contribution < -0.4 is 0 Å². The number of thiol groups is 1. The number of rotatable bonds is 0. The quantitative estimate of drug-likeness (QED) is 0.542. The molecular formula is C7H13FOS. The highest BCUT2D eigenvalue weighted by atomic mass is 32.1. The molecule has 3 heteroatoms. The highest BCUT2D eigenvalue weighted by Crippen LogP contribution is 2.29. The molecule has 1 atom stereocenters. The summed E-state index contributed by atoms with van der Waals surface area (Å²) in [6, 6.07) is 0. The van der Waals surface area contributed by atoms with E-state index >= 15 is 0 Å². The highest BCUT2D eigenvalue weighted by Gasteiger charge is 2.30. The lowest BCUT2D eigenvalue weighted by Crippen LogP contribution is -2.31. The van der Waals surface area contributed by atoms with Crippen molar-refractivity contribution in [3.63, 3.8) is 0 Å². The SMILES string of the molecule is CC1(S)CCCCC1=O.F. The number of halogens is 1. The zero-order valence-corrected chi connectivity index (χ0v) is 6.99. The van der Waals surface area contributed by atoms with Gasteiger partial charge in [0.25, 0.3) is 0 Å². The van der Waals surface area contributed by atoms with E-state index in [1.165, 1.54) is 0 Å². The van der Waals surface area contributed by atoms with Gasteiger partial charge in [0, 0.05) is 6.42 Å². The summed E-state index contributed by atoms with van der Waals surface area (Å²) in [5.41, 5.74) is 0. The van der Waals surface area contributed by atoms with Crippen molar-refractivity contribution in [2.24, 2.45) is 0 Å². The van der Waals surface area contributed by atoms with Crippen molar-refractivity contribution >= 4 is 18.4 Å². The minimum Gasteiger partial charge on any atom is -0.298 e. The van der Waals surface area contributed by atoms with Crippen molar-refractivity contribution < 1.29 is 9.50 Å². The van der Waals surface area contributed by atoms with Crippen LogP contribution in [0.1, 0.15) is 32.6 Å². The summed E-state index contributed by atoms with van der Waals surface area (Å²) in [4.78, 5) is 11.0. The Balaban J connectivity index is 0.000000810. The molecule has 0 aliphatic heterocycles. The van der Waals surface area contributed by atoms with E-state index in [1.807, 2.05) is 6.92 Å². The van der Waals surface area contributed by atoms with Crippen LogP contribution in [0.15, 0.2) is 0 Å². The summed E-state index contributed by atoms with van der Waals surface area (Å²) < 4.78 is -0.307. The molecule has 0 heterocycles. The minimum absolute atomic E-state index is 0. The summed E-state index contributed by atoms with van der Waals surface area (Å²) in [5.74, 6) is 0.317. The Kier molecular flexibility index (Phi) is 3.36. The van der Waals surface area contributed by atoms with Gasteiger partial charge in [0.05, 0.1) is 4.75 Å². The Labute approximate surface area is 66.0 Å². The van der Waals surface area contributed by atoms with Crippen molar-refractivity contribution in [1.82, 2.24) is 0 Å². The lowest BCUT2D eigenvalue weighted by Gasteiger charge is -2.25. The first-order valence-corrected chi connectivity index (χ1v) is 3.83. The maximum atomic E-state index is 11.0. The van der Waals surface area contributed by atoms with Gasteiger partial charge >= 0.3 is 0 Å². The van der Waals surface area contributed by atoms with E-state index in [9.17, 15) is 4.79 Å². The van der Waals surface area contributed by atoms with Crippen LogP contribution in [0.3, 0.4) is 0 Å². The second-order valence-corrected chi connectivity index (χ2v) is 3.89. The van der Waals surface area contributed by atoms with Crippen molar-refractivity contribution in [1.29, 1.82) is 0 Å². The van der Waals surface area contributed by atoms with E-state index < -0.39 is 0 Å². The Morgan fingerprint density at radius 2 is 2.10 bits per heavy atom. The van der Waals surface area contributed by atoms with Gasteiger partial charge in [-0.15, -0.1) is 0 Å². The Morgan fingerprint density at radius 3 is 2.40 bits per heavy atom. The molecule has 0 aromatic heterocycles. The van der Waals surface area contributed by atoms with Crippen LogP contribution in [0, 0.1) is 0 Å². The number of ketones is 1. The van der Waals surface area contributed by atoms with Gasteiger partial charge in [0.2, 0.25) is 0 Å². The summed E-state index contributed by atoms with van der Waals surface area (Å²) in [7, 11) is 0. The van der Waals surface area contributed by atoms with E-state index in [2.05, 4.69) is 12.6 Å². The highest BCUT2D eigenvalue weighted by molar-refractivity contribution is 7.82. The molecule has 60 valence electrons. The first-order valence-electron chi connectivity index (χ1n) is 3.38. The van der Waals surface area contributed by atoms with E-state index in [-0.39, 0.29) is 9.45 Å². The van der Waals surface area contributed by atoms with E-state index in [1.54, 1.807) is 0 Å². The third kappa shape index (κ3) is 1.97. The summed E-state index contributed by atoms with van der Waals surface area (Å²) in [6.45, 7) is 1.91. The standard InChI is InChI=1S/C7H12OS.FH/c1-7(9)5-3-2-4-6(7)8;/h9H,2-5H2,1H3;1H. The number of hydrogen-bond acceptors (Lipinski definition) is 2. The summed E-state index contributed by atoms with van der Waals surface area (Å²) >= 11 is 4.26. The van der Waals surface area contributed by atoms with E-state index in [0.29, 0.717) is 5.78 Å². The number of carbonyl (C=O) groups is 1. The van der Waals surface area contributed by atoms with Crippen LogP contribution in [0.25, 0.3) is 0 Å². The fourth-order valence-corrected chi connectivity index (χ4v) is 1.43. The molecule has 1 fully saturated rings. The Morgan fingerprint density at radius 1 is 1.50 bits per heavy atom. The maximum Gasteiger partial charge on any atom is 0.148 e. The molecule has 0 bridgehead atoms. The lowest BCUT2D eigenvalue weighted by atomic mass is 9.89. The fraction of sp³-hybridized carbons (Fsp3) is 0.857. The van der Waals surface area contributed by atoms with Crippen molar-refractivity contribution in [3.8, 4) is 0 Å². The third-order valence-corrected chi connectivity index (χ3v) is 2.39. The molecule has 0 aromatic rings. The van der Waals surface area contributed by atoms with Crippen LogP contribution in [0.2, 0.25) is 0 Å². The molecule has 0 saturated heterocycles. The van der Waals surface area contributed by atoms with Crippen LogP contribution in [0.5, 0.6) is 0 Å². The molecule has 0 aromatic carbocycles. The van der Waals surface area contributed by atoms with Crippen LogP contribution >= 0.6 is 12.6 Å². The number of hydrogen-bond donors (Lipinski definition) is 1. The van der Waals surface area contributed by atoms with E-state index in [4.69, 9.17) is 0 Å². The van der Waals surface area contributed by atoms with Crippen molar-refractivity contribution in [2.45, 2.75) is 37.4 Å². The van der Waals surface area contributed by atoms with Crippen molar-refractivity contribution in [3.05, 3.63) is 0 Å². The van der Waals surface area contributed by atoms with Gasteiger partial charge in [0.15, 0.2) is 0 Å². The topological polar surface area (TPSA) is 17.1 Å². The molecule has 0 N–H and O–H groups in total. The average Bonchev–Trinajstić information content (AvgIpc) is 1.77. The normalized spacial score (nSPS) is 33.2. The number of carbonyl (C=O) groups excluding carboxylic acids is 1. The molecule has 1 aliphatic rings. The molecule has 1 nitrogen and oxygen atoms in total. The fourth-order valence-electron chi connectivity index (χ4n) is 1.16. The molecule has 1 aliphatic carbocycles. The van der Waals surface area contributed by atoms with Gasteiger partial charge in [-0.3, -0.25) is 9.50 Å². The largest absolute Gasteiger partial charge is 0.298 e. The van der Waals surface area contributed by atoms with Crippen molar-refractivity contribution in [2.75, 3.05) is 0 Å².